The lowest BCUT2D eigenvalue weighted by atomic mass is 10.1. The molecule has 2 rings (SSSR count). The predicted octanol–water partition coefficient (Wildman–Crippen LogP) is 4.35. The van der Waals surface area contributed by atoms with Gasteiger partial charge in [0.05, 0.1) is 16.9 Å². The molecule has 2 nitrogen and oxygen atoms in total. The van der Waals surface area contributed by atoms with E-state index in [1.54, 1.807) is 6.07 Å². The summed E-state index contributed by atoms with van der Waals surface area (Å²) in [7, 11) is 0. The molecule has 18 heavy (non-hydrogen) atoms. The molecule has 0 aliphatic carbocycles. The highest BCUT2D eigenvalue weighted by Gasteiger charge is 2.06. The SMILES string of the molecule is Cc1ccc(Nc2ccc(F)cc2I)c(C#N)c1. The molecule has 0 atom stereocenters. The number of aryl methyl sites for hydroxylation is 1. The Morgan fingerprint density at radius 1 is 1.17 bits per heavy atom. The van der Waals surface area contributed by atoms with Crippen molar-refractivity contribution in [1.82, 2.24) is 0 Å². The molecule has 0 saturated heterocycles. The lowest BCUT2D eigenvalue weighted by Gasteiger charge is -2.10. The molecule has 0 aliphatic heterocycles. The maximum absolute atomic E-state index is 13.0. The van der Waals surface area contributed by atoms with Gasteiger partial charge >= 0.3 is 0 Å². The third-order valence-corrected chi connectivity index (χ3v) is 3.39. The molecule has 90 valence electrons. The van der Waals surface area contributed by atoms with Gasteiger partial charge in [0.1, 0.15) is 11.9 Å². The fraction of sp³-hybridized carbons (Fsp3) is 0.0714. The Kier molecular flexibility index (Phi) is 3.82. The van der Waals surface area contributed by atoms with Crippen molar-refractivity contribution in [3.63, 3.8) is 0 Å². The molecule has 2 aromatic rings. The average molecular weight is 352 g/mol. The molecule has 4 heteroatoms. The largest absolute Gasteiger partial charge is 0.354 e. The van der Waals surface area contributed by atoms with E-state index in [0.29, 0.717) is 5.56 Å². The second-order valence-corrected chi connectivity index (χ2v) is 5.07. The van der Waals surface area contributed by atoms with Crippen LogP contribution >= 0.6 is 22.6 Å². The monoisotopic (exact) mass is 352 g/mol. The van der Waals surface area contributed by atoms with E-state index in [1.807, 2.05) is 25.1 Å². The van der Waals surface area contributed by atoms with Gasteiger partial charge in [0, 0.05) is 3.57 Å². The van der Waals surface area contributed by atoms with Crippen LogP contribution in [0.15, 0.2) is 36.4 Å². The first-order valence-corrected chi connectivity index (χ1v) is 6.41. The van der Waals surface area contributed by atoms with Crippen molar-refractivity contribution in [1.29, 1.82) is 5.26 Å². The van der Waals surface area contributed by atoms with Crippen LogP contribution in [0.25, 0.3) is 0 Å². The van der Waals surface area contributed by atoms with E-state index in [-0.39, 0.29) is 5.82 Å². The highest BCUT2D eigenvalue weighted by molar-refractivity contribution is 14.1. The summed E-state index contributed by atoms with van der Waals surface area (Å²) < 4.78 is 13.8. The Morgan fingerprint density at radius 3 is 2.56 bits per heavy atom. The maximum Gasteiger partial charge on any atom is 0.124 e. The second-order valence-electron chi connectivity index (χ2n) is 3.91. The Hall–Kier alpha value is -1.61. The number of nitrogens with one attached hydrogen (secondary N) is 1. The normalized spacial score (nSPS) is 9.89. The topological polar surface area (TPSA) is 35.8 Å². The van der Waals surface area contributed by atoms with Gasteiger partial charge in [-0.3, -0.25) is 0 Å². The molecule has 0 spiro atoms. The van der Waals surface area contributed by atoms with Crippen molar-refractivity contribution in [2.45, 2.75) is 6.92 Å². The fourth-order valence-electron chi connectivity index (χ4n) is 1.60. The smallest absolute Gasteiger partial charge is 0.124 e. The van der Waals surface area contributed by atoms with Crippen molar-refractivity contribution in [2.24, 2.45) is 0 Å². The maximum atomic E-state index is 13.0. The van der Waals surface area contributed by atoms with Gasteiger partial charge < -0.3 is 5.32 Å². The number of benzene rings is 2. The molecule has 0 fully saturated rings. The van der Waals surface area contributed by atoms with Gasteiger partial charge in [0.2, 0.25) is 0 Å². The molecule has 0 aromatic heterocycles. The van der Waals surface area contributed by atoms with Crippen LogP contribution in [0.2, 0.25) is 0 Å². The summed E-state index contributed by atoms with van der Waals surface area (Å²) in [6.45, 7) is 1.94. The summed E-state index contributed by atoms with van der Waals surface area (Å²) in [6, 6.07) is 12.3. The molecule has 0 heterocycles. The summed E-state index contributed by atoms with van der Waals surface area (Å²) in [5.74, 6) is -0.269. The van der Waals surface area contributed by atoms with E-state index in [0.717, 1.165) is 20.5 Å². The van der Waals surface area contributed by atoms with Crippen molar-refractivity contribution in [3.8, 4) is 6.07 Å². The highest BCUT2D eigenvalue weighted by Crippen LogP contribution is 2.25. The third-order valence-electron chi connectivity index (χ3n) is 2.50. The molecule has 0 amide bonds. The molecule has 0 saturated carbocycles. The van der Waals surface area contributed by atoms with Gasteiger partial charge in [0.25, 0.3) is 0 Å². The number of hydrogen-bond donors (Lipinski definition) is 1. The van der Waals surface area contributed by atoms with Crippen molar-refractivity contribution in [2.75, 3.05) is 5.32 Å². The van der Waals surface area contributed by atoms with E-state index >= 15 is 0 Å². The number of nitrogens with zero attached hydrogens (tertiary/aromatic N) is 1. The molecule has 2 aromatic carbocycles. The lowest BCUT2D eigenvalue weighted by Crippen LogP contribution is -1.96. The Balaban J connectivity index is 2.37. The summed E-state index contributed by atoms with van der Waals surface area (Å²) in [6.07, 6.45) is 0. The number of rotatable bonds is 2. The zero-order valence-corrected chi connectivity index (χ0v) is 11.8. The van der Waals surface area contributed by atoms with Crippen LogP contribution in [0.4, 0.5) is 15.8 Å². The molecular formula is C14H10FIN2. The molecule has 1 N–H and O–H groups in total. The van der Waals surface area contributed by atoms with Crippen molar-refractivity contribution in [3.05, 3.63) is 56.9 Å². The van der Waals surface area contributed by atoms with Crippen LogP contribution in [0, 0.1) is 27.6 Å². The van der Waals surface area contributed by atoms with Gasteiger partial charge in [-0.05, 0) is 65.4 Å². The van der Waals surface area contributed by atoms with Crippen molar-refractivity contribution >= 4 is 34.0 Å². The predicted molar refractivity (Wildman–Crippen MR) is 78.3 cm³/mol. The number of anilines is 2. The van der Waals surface area contributed by atoms with Crippen LogP contribution in [0.1, 0.15) is 11.1 Å². The summed E-state index contributed by atoms with van der Waals surface area (Å²) >= 11 is 2.06. The van der Waals surface area contributed by atoms with Gasteiger partial charge in [0.15, 0.2) is 0 Å². The zero-order chi connectivity index (χ0) is 13.1. The van der Waals surface area contributed by atoms with Crippen LogP contribution in [0.5, 0.6) is 0 Å². The molecule has 0 bridgehead atoms. The number of hydrogen-bond acceptors (Lipinski definition) is 2. The van der Waals surface area contributed by atoms with E-state index in [4.69, 9.17) is 5.26 Å². The minimum Gasteiger partial charge on any atom is -0.354 e. The van der Waals surface area contributed by atoms with Gasteiger partial charge in [-0.15, -0.1) is 0 Å². The lowest BCUT2D eigenvalue weighted by molar-refractivity contribution is 0.627. The Labute approximate surface area is 119 Å². The quantitative estimate of drug-likeness (QED) is 0.816. The van der Waals surface area contributed by atoms with E-state index in [1.165, 1.54) is 12.1 Å². The van der Waals surface area contributed by atoms with Crippen LogP contribution < -0.4 is 5.32 Å². The first-order valence-electron chi connectivity index (χ1n) is 5.33. The third kappa shape index (κ3) is 2.79. The molecule has 0 aliphatic rings. The standard InChI is InChI=1S/C14H10FIN2/c1-9-2-4-13(10(6-9)8-17)18-14-5-3-11(15)7-12(14)16/h2-7,18H,1H3. The summed E-state index contributed by atoms with van der Waals surface area (Å²) in [4.78, 5) is 0. The van der Waals surface area contributed by atoms with E-state index in [2.05, 4.69) is 34.0 Å². The van der Waals surface area contributed by atoms with Gasteiger partial charge in [-0.2, -0.15) is 5.26 Å². The van der Waals surface area contributed by atoms with Crippen LogP contribution in [-0.4, -0.2) is 0 Å². The first kappa shape index (κ1) is 12.8. The van der Waals surface area contributed by atoms with Crippen LogP contribution in [-0.2, 0) is 0 Å². The second kappa shape index (κ2) is 5.36. The fourth-order valence-corrected chi connectivity index (χ4v) is 2.21. The first-order chi connectivity index (χ1) is 8.60. The average Bonchev–Trinajstić information content (AvgIpc) is 2.34. The zero-order valence-electron chi connectivity index (χ0n) is 9.67. The van der Waals surface area contributed by atoms with E-state index < -0.39 is 0 Å². The Bertz CT molecular complexity index is 632. The molecule has 0 unspecified atom stereocenters. The minimum absolute atomic E-state index is 0.269. The highest BCUT2D eigenvalue weighted by atomic mass is 127. The minimum atomic E-state index is -0.269. The summed E-state index contributed by atoms with van der Waals surface area (Å²) in [5, 5.41) is 12.2. The van der Waals surface area contributed by atoms with Gasteiger partial charge in [-0.25, -0.2) is 4.39 Å². The van der Waals surface area contributed by atoms with Crippen LogP contribution in [0.3, 0.4) is 0 Å². The van der Waals surface area contributed by atoms with Crippen molar-refractivity contribution < 1.29 is 4.39 Å². The number of halogens is 2. The van der Waals surface area contributed by atoms with E-state index in [9.17, 15) is 4.39 Å². The molecule has 0 radical (unpaired) electrons. The van der Waals surface area contributed by atoms with Gasteiger partial charge in [-0.1, -0.05) is 6.07 Å². The Morgan fingerprint density at radius 2 is 1.89 bits per heavy atom. The summed E-state index contributed by atoms with van der Waals surface area (Å²) in [5.41, 5.74) is 3.13. The number of nitriles is 1. The molecular weight excluding hydrogens is 342 g/mol.